The number of pyridine rings is 1. The van der Waals surface area contributed by atoms with Crippen LogP contribution >= 0.6 is 11.6 Å². The van der Waals surface area contributed by atoms with E-state index in [0.717, 1.165) is 33.2 Å². The minimum Gasteiger partial charge on any atom is -0.393 e. The number of hydrogen-bond acceptors (Lipinski definition) is 3. The fourth-order valence-corrected chi connectivity index (χ4v) is 2.94. The Morgan fingerprint density at radius 1 is 1.18 bits per heavy atom. The molecule has 0 bridgehead atoms. The SMILES string of the molecule is Cc1cc2ncccc2c(-c2ccc(Cl)cc2)c1[C@H](O)CO. The molecular weight excluding hydrogens is 298 g/mol. The lowest BCUT2D eigenvalue weighted by molar-refractivity contribution is 0.0956. The number of hydrogen-bond donors (Lipinski definition) is 2. The highest BCUT2D eigenvalue weighted by molar-refractivity contribution is 6.30. The van der Waals surface area contributed by atoms with E-state index >= 15 is 0 Å². The molecule has 0 fully saturated rings. The van der Waals surface area contributed by atoms with E-state index in [-0.39, 0.29) is 6.61 Å². The van der Waals surface area contributed by atoms with Crippen LogP contribution in [0.5, 0.6) is 0 Å². The third-order valence-electron chi connectivity index (χ3n) is 3.79. The Labute approximate surface area is 133 Å². The Balaban J connectivity index is 2.39. The zero-order valence-electron chi connectivity index (χ0n) is 12.1. The summed E-state index contributed by atoms with van der Waals surface area (Å²) in [5.74, 6) is 0. The first-order chi connectivity index (χ1) is 10.6. The van der Waals surface area contributed by atoms with Crippen LogP contribution in [0.3, 0.4) is 0 Å². The van der Waals surface area contributed by atoms with Crippen LogP contribution in [0, 0.1) is 6.92 Å². The zero-order chi connectivity index (χ0) is 15.7. The molecule has 2 aromatic carbocycles. The van der Waals surface area contributed by atoms with Gasteiger partial charge in [-0.15, -0.1) is 0 Å². The van der Waals surface area contributed by atoms with Gasteiger partial charge in [-0.3, -0.25) is 4.98 Å². The van der Waals surface area contributed by atoms with Crippen molar-refractivity contribution in [1.29, 1.82) is 0 Å². The monoisotopic (exact) mass is 313 g/mol. The molecule has 0 radical (unpaired) electrons. The van der Waals surface area contributed by atoms with Gasteiger partial charge in [0.15, 0.2) is 0 Å². The molecule has 0 unspecified atom stereocenters. The highest BCUT2D eigenvalue weighted by atomic mass is 35.5. The van der Waals surface area contributed by atoms with Crippen LogP contribution in [0.25, 0.3) is 22.0 Å². The first-order valence-corrected chi connectivity index (χ1v) is 7.42. The molecular formula is C18H16ClNO2. The summed E-state index contributed by atoms with van der Waals surface area (Å²) in [7, 11) is 0. The van der Waals surface area contributed by atoms with Crippen LogP contribution in [0.1, 0.15) is 17.2 Å². The molecule has 0 saturated carbocycles. The quantitative estimate of drug-likeness (QED) is 0.771. The van der Waals surface area contributed by atoms with Gasteiger partial charge < -0.3 is 10.2 Å². The predicted octanol–water partition coefficient (Wildman–Crippen LogP) is 3.89. The van der Waals surface area contributed by atoms with Crippen molar-refractivity contribution < 1.29 is 10.2 Å². The van der Waals surface area contributed by atoms with Gasteiger partial charge in [0.2, 0.25) is 0 Å². The highest BCUT2D eigenvalue weighted by Gasteiger charge is 2.19. The van der Waals surface area contributed by atoms with Crippen LogP contribution in [0.2, 0.25) is 5.02 Å². The zero-order valence-corrected chi connectivity index (χ0v) is 12.9. The molecule has 112 valence electrons. The second-order valence-electron chi connectivity index (χ2n) is 5.26. The lowest BCUT2D eigenvalue weighted by Gasteiger charge is -2.19. The van der Waals surface area contributed by atoms with E-state index in [0.29, 0.717) is 5.02 Å². The van der Waals surface area contributed by atoms with Gasteiger partial charge in [0.1, 0.15) is 6.10 Å². The highest BCUT2D eigenvalue weighted by Crippen LogP contribution is 2.37. The fourth-order valence-electron chi connectivity index (χ4n) is 2.82. The molecule has 0 saturated heterocycles. The second-order valence-corrected chi connectivity index (χ2v) is 5.69. The molecule has 22 heavy (non-hydrogen) atoms. The third-order valence-corrected chi connectivity index (χ3v) is 4.05. The van der Waals surface area contributed by atoms with E-state index in [1.807, 2.05) is 49.4 Å². The lowest BCUT2D eigenvalue weighted by Crippen LogP contribution is -2.07. The largest absolute Gasteiger partial charge is 0.393 e. The summed E-state index contributed by atoms with van der Waals surface area (Å²) in [4.78, 5) is 4.40. The van der Waals surface area contributed by atoms with Gasteiger partial charge in [-0.2, -0.15) is 0 Å². The van der Waals surface area contributed by atoms with E-state index in [1.54, 1.807) is 6.20 Å². The second kappa shape index (κ2) is 6.05. The Morgan fingerprint density at radius 3 is 2.59 bits per heavy atom. The van der Waals surface area contributed by atoms with Gasteiger partial charge in [-0.05, 0) is 53.4 Å². The van der Waals surface area contributed by atoms with Crippen LogP contribution < -0.4 is 0 Å². The van der Waals surface area contributed by atoms with Crippen molar-refractivity contribution in [3.05, 3.63) is 64.8 Å². The molecule has 1 aromatic heterocycles. The van der Waals surface area contributed by atoms with Crippen molar-refractivity contribution in [3.8, 4) is 11.1 Å². The smallest absolute Gasteiger partial charge is 0.103 e. The number of aromatic nitrogens is 1. The molecule has 1 atom stereocenters. The summed E-state index contributed by atoms with van der Waals surface area (Å²) in [5.41, 5.74) is 4.32. The van der Waals surface area contributed by atoms with Crippen LogP contribution in [0.4, 0.5) is 0 Å². The van der Waals surface area contributed by atoms with E-state index in [2.05, 4.69) is 4.98 Å². The Morgan fingerprint density at radius 2 is 1.91 bits per heavy atom. The topological polar surface area (TPSA) is 53.4 Å². The summed E-state index contributed by atoms with van der Waals surface area (Å²) in [5, 5.41) is 21.3. The maximum absolute atomic E-state index is 10.3. The van der Waals surface area contributed by atoms with Gasteiger partial charge in [-0.25, -0.2) is 0 Å². The summed E-state index contributed by atoms with van der Waals surface area (Å²) < 4.78 is 0. The van der Waals surface area contributed by atoms with Crippen molar-refractivity contribution in [2.75, 3.05) is 6.61 Å². The molecule has 0 aliphatic carbocycles. The van der Waals surface area contributed by atoms with Gasteiger partial charge >= 0.3 is 0 Å². The van der Waals surface area contributed by atoms with E-state index in [4.69, 9.17) is 11.6 Å². The molecule has 0 amide bonds. The van der Waals surface area contributed by atoms with Gasteiger partial charge in [0.05, 0.1) is 12.1 Å². The van der Waals surface area contributed by atoms with Gasteiger partial charge in [-0.1, -0.05) is 29.8 Å². The summed E-state index contributed by atoms with van der Waals surface area (Å²) in [6.07, 6.45) is 0.811. The maximum atomic E-state index is 10.3. The Kier molecular flexibility index (Phi) is 4.12. The molecule has 3 nitrogen and oxygen atoms in total. The minimum absolute atomic E-state index is 0.326. The number of nitrogens with zero attached hydrogens (tertiary/aromatic N) is 1. The number of aryl methyl sites for hydroxylation is 1. The van der Waals surface area contributed by atoms with Gasteiger partial charge in [0, 0.05) is 16.6 Å². The van der Waals surface area contributed by atoms with Crippen LogP contribution in [0.15, 0.2) is 48.7 Å². The molecule has 4 heteroatoms. The van der Waals surface area contributed by atoms with Crippen molar-refractivity contribution in [2.24, 2.45) is 0 Å². The normalized spacial score (nSPS) is 12.5. The van der Waals surface area contributed by atoms with Crippen molar-refractivity contribution in [1.82, 2.24) is 4.98 Å². The number of aliphatic hydroxyl groups excluding tert-OH is 2. The summed E-state index contributed by atoms with van der Waals surface area (Å²) >= 11 is 5.98. The third kappa shape index (κ3) is 2.59. The Hall–Kier alpha value is -1.94. The van der Waals surface area contributed by atoms with Crippen LogP contribution in [-0.2, 0) is 0 Å². The molecule has 0 aliphatic heterocycles. The molecule has 2 N–H and O–H groups in total. The van der Waals surface area contributed by atoms with E-state index in [1.165, 1.54) is 0 Å². The molecule has 3 rings (SSSR count). The van der Waals surface area contributed by atoms with Crippen molar-refractivity contribution in [3.63, 3.8) is 0 Å². The Bertz CT molecular complexity index is 815. The summed E-state index contributed by atoms with van der Waals surface area (Å²) in [6, 6.07) is 13.2. The van der Waals surface area contributed by atoms with E-state index < -0.39 is 6.10 Å². The molecule has 0 aliphatic rings. The first kappa shape index (κ1) is 15.0. The number of benzene rings is 2. The van der Waals surface area contributed by atoms with Crippen LogP contribution in [-0.4, -0.2) is 21.8 Å². The van der Waals surface area contributed by atoms with Crippen molar-refractivity contribution in [2.45, 2.75) is 13.0 Å². The number of fused-ring (bicyclic) bond motifs is 1. The molecule has 1 heterocycles. The molecule has 3 aromatic rings. The van der Waals surface area contributed by atoms with Crippen molar-refractivity contribution >= 4 is 22.5 Å². The fraction of sp³-hybridized carbons (Fsp3) is 0.167. The van der Waals surface area contributed by atoms with E-state index in [9.17, 15) is 10.2 Å². The average Bonchev–Trinajstić information content (AvgIpc) is 2.54. The number of halogens is 1. The van der Waals surface area contributed by atoms with Gasteiger partial charge in [0.25, 0.3) is 0 Å². The number of rotatable bonds is 3. The minimum atomic E-state index is -0.935. The standard InChI is InChI=1S/C18H16ClNO2/c1-11-9-15-14(3-2-8-20-15)18(17(11)16(22)10-21)12-4-6-13(19)7-5-12/h2-9,16,21-22H,10H2,1H3/t16-/m1/s1. The maximum Gasteiger partial charge on any atom is 0.103 e. The first-order valence-electron chi connectivity index (χ1n) is 7.05. The summed E-state index contributed by atoms with van der Waals surface area (Å²) in [6.45, 7) is 1.59. The average molecular weight is 314 g/mol. The number of aliphatic hydroxyl groups is 2. The lowest BCUT2D eigenvalue weighted by atomic mass is 9.89. The molecule has 0 spiro atoms. The predicted molar refractivity (Wildman–Crippen MR) is 89.0 cm³/mol.